The minimum absolute atomic E-state index is 0.0000188. The quantitative estimate of drug-likeness (QED) is 0.00672. The Morgan fingerprint density at radius 1 is 0.598 bits per heavy atom. The largest absolute Gasteiger partial charge is 0.391 e. The fourth-order valence-electron chi connectivity index (χ4n) is 7.02. The lowest BCUT2D eigenvalue weighted by atomic mass is 10.0. The van der Waals surface area contributed by atoms with E-state index in [1.807, 2.05) is 0 Å². The molecule has 0 aromatic heterocycles. The average Bonchev–Trinajstić information content (AvgIpc) is 2.74. The molecule has 11 amide bonds. The van der Waals surface area contributed by atoms with Crippen molar-refractivity contribution in [2.75, 3.05) is 119 Å². The first-order valence-corrected chi connectivity index (χ1v) is 29.1. The highest BCUT2D eigenvalue weighted by atomic mass is 32.2. The third-order valence-electron chi connectivity index (χ3n) is 11.4. The Labute approximate surface area is 502 Å². The number of carbonyl (C=O) groups is 12. The van der Waals surface area contributed by atoms with E-state index in [0.717, 1.165) is 0 Å². The number of aliphatic hydroxyl groups excluding tert-OH is 1. The van der Waals surface area contributed by atoms with E-state index < -0.39 is 149 Å². The number of nitrogens with two attached hydrogens (primary N) is 2. The molecule has 1 aliphatic heterocycles. The van der Waals surface area contributed by atoms with Crippen LogP contribution in [0.5, 0.6) is 0 Å². The van der Waals surface area contributed by atoms with E-state index in [1.54, 1.807) is 20.8 Å². The number of imide groups is 1. The smallest absolute Gasteiger partial charge is 0.335 e. The number of carbonyl (C=O) groups excluding carboxylic acids is 12. The van der Waals surface area contributed by atoms with E-state index in [1.165, 1.54) is 6.92 Å². The monoisotopic (exact) mass is 1270 g/mol. The normalized spacial score (nSPS) is 14.8. The van der Waals surface area contributed by atoms with Gasteiger partial charge in [-0.2, -0.15) is 8.42 Å². The number of ether oxygens (including phenoxy) is 7. The average molecular weight is 1270 g/mol. The molecule has 0 bridgehead atoms. The van der Waals surface area contributed by atoms with E-state index in [9.17, 15) is 71.1 Å². The number of aliphatic hydroxyl groups is 1. The number of nitrogens with zero attached hydrogens (tertiary/aromatic N) is 1. The summed E-state index contributed by atoms with van der Waals surface area (Å²) in [6, 6.07) is -4.96. The molecule has 1 heterocycles. The summed E-state index contributed by atoms with van der Waals surface area (Å²) in [6.07, 6.45) is -2.24. The van der Waals surface area contributed by atoms with Crippen LogP contribution in [-0.2, 0) is 106 Å². The Morgan fingerprint density at radius 3 is 1.49 bits per heavy atom. The first kappa shape index (κ1) is 77.7. The molecule has 0 aliphatic carbocycles. The molecule has 0 radical (unpaired) electrons. The molecule has 38 heteroatoms. The molecule has 1 unspecified atom stereocenters. The standard InChI is InChI=1S/C49H85N13O24S/c1-5-32(44(50)71)58-38(66)27-57-47(74)43(31(4)63)61-40(68)28-56-46(73)34(23-30(2)3)60-39(67)26-55-45(72)33(7-6-10-53-49(51)52)59-37(65)25-54-36(64)8-11-79-13-15-81-17-18-83-20-22-85-29-84-21-19-82-16-14-80-12-9-42(70)86-62-41(69)24-35(48(62)75)87(76,77)78/h30-35,43,63H,5-29H2,1-4H3,(H2,50,71)(H,54,64)(H,55,72)(H,56,73)(H,57,74)(H,58,66)(H,59,65)(H,60,67)(H,61,68)(H4,51,52,53)(H,76,77,78)/t31-,32+,33+,34+,35?,43+/m1/s1. The molecule has 16 N–H and O–H groups in total. The predicted molar refractivity (Wildman–Crippen MR) is 298 cm³/mol. The van der Waals surface area contributed by atoms with Gasteiger partial charge in [0.1, 0.15) is 31.0 Å². The lowest BCUT2D eigenvalue weighted by Gasteiger charge is -2.23. The Hall–Kier alpha value is -7.30. The van der Waals surface area contributed by atoms with Gasteiger partial charge in [-0.3, -0.25) is 62.7 Å². The van der Waals surface area contributed by atoms with Gasteiger partial charge in [-0.05, 0) is 38.5 Å². The maximum Gasteiger partial charge on any atom is 0.335 e. The molecule has 37 nitrogen and oxygen atoms in total. The van der Waals surface area contributed by atoms with E-state index >= 15 is 0 Å². The molecule has 1 fully saturated rings. The van der Waals surface area contributed by atoms with Gasteiger partial charge < -0.3 is 102 Å². The van der Waals surface area contributed by atoms with Gasteiger partial charge in [0.2, 0.25) is 53.2 Å². The molecule has 87 heavy (non-hydrogen) atoms. The number of hydrogen-bond acceptors (Lipinski definition) is 24. The zero-order valence-electron chi connectivity index (χ0n) is 49.1. The van der Waals surface area contributed by atoms with Gasteiger partial charge in [-0.25, -0.2) is 4.79 Å². The first-order valence-electron chi connectivity index (χ1n) is 27.6. The maximum absolute atomic E-state index is 13.3. The predicted octanol–water partition coefficient (Wildman–Crippen LogP) is -7.70. The van der Waals surface area contributed by atoms with Gasteiger partial charge in [-0.15, -0.1) is 5.06 Å². The highest BCUT2D eigenvalue weighted by Gasteiger charge is 2.48. The van der Waals surface area contributed by atoms with Crippen LogP contribution in [0.15, 0.2) is 0 Å². The van der Waals surface area contributed by atoms with Crippen molar-refractivity contribution in [3.63, 3.8) is 0 Å². The van der Waals surface area contributed by atoms with Gasteiger partial charge in [-0.1, -0.05) is 20.8 Å². The fraction of sp³-hybridized carbons (Fsp3) is 0.735. The Bertz CT molecular complexity index is 2370. The van der Waals surface area contributed by atoms with Gasteiger partial charge in [0, 0.05) is 13.0 Å². The molecule has 496 valence electrons. The van der Waals surface area contributed by atoms with Crippen LogP contribution in [0, 0.1) is 11.3 Å². The Morgan fingerprint density at radius 2 is 1.03 bits per heavy atom. The lowest BCUT2D eigenvalue weighted by molar-refractivity contribution is -0.198. The summed E-state index contributed by atoms with van der Waals surface area (Å²) in [5.41, 5.74) is 10.5. The molecule has 1 saturated heterocycles. The minimum atomic E-state index is -4.83. The number of primary amides is 1. The van der Waals surface area contributed by atoms with Crippen molar-refractivity contribution in [1.82, 2.24) is 52.9 Å². The molecule has 0 aromatic rings. The summed E-state index contributed by atoms with van der Waals surface area (Å²) in [6.45, 7) is 5.84. The van der Waals surface area contributed by atoms with Crippen molar-refractivity contribution in [1.29, 1.82) is 5.41 Å². The number of nitrogens with one attached hydrogen (secondary N) is 10. The molecule has 1 rings (SSSR count). The van der Waals surface area contributed by atoms with Crippen LogP contribution in [0.4, 0.5) is 0 Å². The third kappa shape index (κ3) is 36.5. The highest BCUT2D eigenvalue weighted by molar-refractivity contribution is 7.87. The van der Waals surface area contributed by atoms with Crippen LogP contribution in [0.3, 0.4) is 0 Å². The SMILES string of the molecule is CC[C@H](NC(=O)CNC(=O)[C@@H](NC(=O)CNC(=O)[C@H](CC(C)C)NC(=O)CNC(=O)[C@H](CCCNC(=N)N)NC(=O)CNC(=O)CCOCCOCCOCCOCOCCOCCOCCC(=O)ON1C(=O)CC(S(=O)(=O)O)C1=O)[C@@H](C)O)C(N)=O. The van der Waals surface area contributed by atoms with Crippen LogP contribution >= 0.6 is 0 Å². The zero-order valence-corrected chi connectivity index (χ0v) is 49.9. The molecule has 6 atom stereocenters. The van der Waals surface area contributed by atoms with Gasteiger partial charge >= 0.3 is 5.97 Å². The van der Waals surface area contributed by atoms with E-state index in [0.29, 0.717) is 0 Å². The highest BCUT2D eigenvalue weighted by Crippen LogP contribution is 2.20. The molecular weight excluding hydrogens is 1190 g/mol. The first-order chi connectivity index (χ1) is 41.2. The number of hydroxylamine groups is 2. The van der Waals surface area contributed by atoms with Crippen molar-refractivity contribution < 1.29 is 114 Å². The summed E-state index contributed by atoms with van der Waals surface area (Å²) in [7, 11) is -4.83. The molecule has 0 saturated carbocycles. The topological polar surface area (TPSA) is 541 Å². The summed E-state index contributed by atoms with van der Waals surface area (Å²) in [5, 5.41) is 37.0. The molecule has 0 aromatic carbocycles. The Kier molecular flexibility index (Phi) is 39.5. The van der Waals surface area contributed by atoms with E-state index in [2.05, 4.69) is 52.7 Å². The summed E-state index contributed by atoms with van der Waals surface area (Å²) in [4.78, 5) is 154. The fourth-order valence-corrected chi connectivity index (χ4v) is 7.73. The van der Waals surface area contributed by atoms with Gasteiger partial charge in [0.25, 0.3) is 21.9 Å². The van der Waals surface area contributed by atoms with Gasteiger partial charge in [0.15, 0.2) is 11.2 Å². The van der Waals surface area contributed by atoms with Crippen LogP contribution in [0.1, 0.15) is 72.6 Å². The molecule has 1 aliphatic rings. The van der Waals surface area contributed by atoms with E-state index in [4.69, 9.17) is 54.6 Å². The lowest BCUT2D eigenvalue weighted by Crippen LogP contribution is -2.57. The van der Waals surface area contributed by atoms with Crippen molar-refractivity contribution in [3.05, 3.63) is 0 Å². The van der Waals surface area contributed by atoms with Crippen LogP contribution in [-0.4, -0.2) is 254 Å². The minimum Gasteiger partial charge on any atom is -0.391 e. The van der Waals surface area contributed by atoms with Crippen molar-refractivity contribution in [2.24, 2.45) is 17.4 Å². The van der Waals surface area contributed by atoms with Crippen molar-refractivity contribution in [3.8, 4) is 0 Å². The second-order valence-corrected chi connectivity index (χ2v) is 20.8. The van der Waals surface area contributed by atoms with Crippen LogP contribution in [0.2, 0.25) is 0 Å². The summed E-state index contributed by atoms with van der Waals surface area (Å²) in [5.74, 6) is -11.1. The zero-order chi connectivity index (χ0) is 65.3. The van der Waals surface area contributed by atoms with Crippen molar-refractivity contribution in [2.45, 2.75) is 108 Å². The Balaban J connectivity index is 2.31. The number of hydrogen-bond donors (Lipinski definition) is 14. The van der Waals surface area contributed by atoms with Crippen LogP contribution in [0.25, 0.3) is 0 Å². The molecule has 0 spiro atoms. The number of guanidine groups is 1. The maximum atomic E-state index is 13.3. The molecular formula is C49H85N13O24S. The number of amides is 11. The van der Waals surface area contributed by atoms with Gasteiger partial charge in [0.05, 0.1) is 124 Å². The summed E-state index contributed by atoms with van der Waals surface area (Å²) < 4.78 is 68.7. The van der Waals surface area contributed by atoms with Crippen LogP contribution < -0.4 is 59.3 Å². The third-order valence-corrected chi connectivity index (χ3v) is 12.5. The summed E-state index contributed by atoms with van der Waals surface area (Å²) >= 11 is 0. The second kappa shape index (κ2) is 44.2. The number of rotatable bonds is 49. The van der Waals surface area contributed by atoms with Crippen molar-refractivity contribution >= 4 is 87.0 Å². The van der Waals surface area contributed by atoms with E-state index in [-0.39, 0.29) is 148 Å². The second-order valence-electron chi connectivity index (χ2n) is 19.2.